The van der Waals surface area contributed by atoms with Crippen LogP contribution in [0.5, 0.6) is 0 Å². The van der Waals surface area contributed by atoms with E-state index in [0.717, 1.165) is 51.4 Å². The summed E-state index contributed by atoms with van der Waals surface area (Å²) in [7, 11) is -4.38. The number of unbranched alkanes of at least 4 members (excludes halogenated alkanes) is 40. The molecule has 0 aliphatic carbocycles. The van der Waals surface area contributed by atoms with E-state index in [2.05, 4.69) is 26.0 Å². The van der Waals surface area contributed by atoms with Crippen LogP contribution in [0.4, 0.5) is 0 Å². The molecule has 2 atom stereocenters. The molecule has 0 aromatic carbocycles. The summed E-state index contributed by atoms with van der Waals surface area (Å²) in [4.78, 5) is 35.0. The van der Waals surface area contributed by atoms with Crippen LogP contribution in [0.25, 0.3) is 0 Å². The van der Waals surface area contributed by atoms with E-state index in [1.165, 1.54) is 218 Å². The molecule has 0 aromatic heterocycles. The predicted octanol–water partition coefficient (Wildman–Crippen LogP) is 17.7. The van der Waals surface area contributed by atoms with Crippen LogP contribution in [0.2, 0.25) is 0 Å². The SMILES string of the molecule is CCCCCC/C=C\CCCCCCCC(=O)OC(COC(=O)CCCCCCCCCCCCCCCCCCCCCCCCCCCCCCCCCC)COP(=O)(O)OCCN. The van der Waals surface area contributed by atoms with E-state index in [-0.39, 0.29) is 38.6 Å². The van der Waals surface area contributed by atoms with E-state index in [1.807, 2.05) is 0 Å². The van der Waals surface area contributed by atoms with Crippen molar-refractivity contribution in [2.45, 2.75) is 309 Å². The first-order chi connectivity index (χ1) is 32.3. The lowest BCUT2D eigenvalue weighted by molar-refractivity contribution is -0.161. The number of phosphoric acid groups is 1. The molecule has 9 nitrogen and oxygen atoms in total. The van der Waals surface area contributed by atoms with Crippen molar-refractivity contribution >= 4 is 19.8 Å². The zero-order valence-electron chi connectivity index (χ0n) is 43.7. The largest absolute Gasteiger partial charge is 0.472 e. The third-order valence-electron chi connectivity index (χ3n) is 12.9. The van der Waals surface area contributed by atoms with Gasteiger partial charge in [-0.15, -0.1) is 0 Å². The molecule has 0 fully saturated rings. The van der Waals surface area contributed by atoms with Gasteiger partial charge in [0.15, 0.2) is 6.10 Å². The Morgan fingerprint density at radius 3 is 1.09 bits per heavy atom. The van der Waals surface area contributed by atoms with Gasteiger partial charge in [-0.2, -0.15) is 0 Å². The van der Waals surface area contributed by atoms with Gasteiger partial charge in [-0.25, -0.2) is 4.57 Å². The number of hydrogen-bond acceptors (Lipinski definition) is 8. The number of ether oxygens (including phenoxy) is 2. The van der Waals surface area contributed by atoms with Crippen LogP contribution in [0.15, 0.2) is 12.2 Å². The molecule has 0 aromatic rings. The standard InChI is InChI=1S/C56H110NO8P/c1-3-5-7-9-11-13-15-17-18-19-20-21-22-23-24-25-26-27-28-29-30-31-32-33-34-35-37-38-40-42-44-46-48-55(58)62-52-54(53-64-66(60,61)63-51-50-57)65-56(59)49-47-45-43-41-39-36-16-14-12-10-8-6-4-2/h14,16,54H,3-13,15,17-53,57H2,1-2H3,(H,60,61)/b16-14-. The van der Waals surface area contributed by atoms with Crippen LogP contribution in [0.1, 0.15) is 303 Å². The molecule has 0 aliphatic heterocycles. The summed E-state index contributed by atoms with van der Waals surface area (Å²) in [6.07, 6.45) is 60.1. The fraction of sp³-hybridized carbons (Fsp3) is 0.929. The van der Waals surface area contributed by atoms with Crippen molar-refractivity contribution in [3.05, 3.63) is 12.2 Å². The molecule has 0 aliphatic rings. The summed E-state index contributed by atoms with van der Waals surface area (Å²) in [6.45, 7) is 3.76. The summed E-state index contributed by atoms with van der Waals surface area (Å²) < 4.78 is 32.9. The van der Waals surface area contributed by atoms with Gasteiger partial charge in [0.1, 0.15) is 6.61 Å². The molecule has 0 spiro atoms. The van der Waals surface area contributed by atoms with Crippen LogP contribution < -0.4 is 5.73 Å². The van der Waals surface area contributed by atoms with Gasteiger partial charge in [0.25, 0.3) is 0 Å². The maximum Gasteiger partial charge on any atom is 0.472 e. The first-order valence-electron chi connectivity index (χ1n) is 28.7. The van der Waals surface area contributed by atoms with Gasteiger partial charge < -0.3 is 20.1 Å². The lowest BCUT2D eigenvalue weighted by Gasteiger charge is -2.19. The summed E-state index contributed by atoms with van der Waals surface area (Å²) in [6, 6.07) is 0. The Morgan fingerprint density at radius 1 is 0.439 bits per heavy atom. The molecule has 66 heavy (non-hydrogen) atoms. The number of esters is 2. The Bertz CT molecular complexity index is 1090. The van der Waals surface area contributed by atoms with E-state index in [1.54, 1.807) is 0 Å². The molecule has 0 rings (SSSR count). The van der Waals surface area contributed by atoms with Crippen molar-refractivity contribution in [3.8, 4) is 0 Å². The minimum atomic E-state index is -4.38. The Morgan fingerprint density at radius 2 is 0.742 bits per heavy atom. The van der Waals surface area contributed by atoms with Crippen LogP contribution >= 0.6 is 7.82 Å². The van der Waals surface area contributed by atoms with Gasteiger partial charge in [0.05, 0.1) is 13.2 Å². The van der Waals surface area contributed by atoms with Crippen molar-refractivity contribution in [1.29, 1.82) is 0 Å². The summed E-state index contributed by atoms with van der Waals surface area (Å²) in [5.74, 6) is -0.822. The van der Waals surface area contributed by atoms with E-state index in [0.29, 0.717) is 6.42 Å². The van der Waals surface area contributed by atoms with Crippen molar-refractivity contribution in [3.63, 3.8) is 0 Å². The van der Waals surface area contributed by atoms with E-state index >= 15 is 0 Å². The Labute approximate surface area is 409 Å². The third kappa shape index (κ3) is 52.1. The molecule has 0 heterocycles. The maximum atomic E-state index is 12.6. The Kier molecular flexibility index (Phi) is 52.1. The molecule has 10 heteroatoms. The maximum absolute atomic E-state index is 12.6. The molecule has 0 amide bonds. The van der Waals surface area contributed by atoms with Gasteiger partial charge in [0.2, 0.25) is 0 Å². The molecular weight excluding hydrogens is 846 g/mol. The highest BCUT2D eigenvalue weighted by molar-refractivity contribution is 7.47. The van der Waals surface area contributed by atoms with Crippen molar-refractivity contribution in [2.75, 3.05) is 26.4 Å². The fourth-order valence-corrected chi connectivity index (χ4v) is 9.40. The highest BCUT2D eigenvalue weighted by Crippen LogP contribution is 2.43. The average molecular weight is 956 g/mol. The lowest BCUT2D eigenvalue weighted by Crippen LogP contribution is -2.29. The zero-order valence-corrected chi connectivity index (χ0v) is 44.6. The molecule has 0 saturated heterocycles. The molecule has 0 radical (unpaired) electrons. The number of nitrogens with two attached hydrogens (primary N) is 1. The Hall–Kier alpha value is -1.25. The number of rotatable bonds is 55. The average Bonchev–Trinajstić information content (AvgIpc) is 3.31. The summed E-state index contributed by atoms with van der Waals surface area (Å²) in [5, 5.41) is 0. The first-order valence-corrected chi connectivity index (χ1v) is 30.2. The number of carbonyl (C=O) groups excluding carboxylic acids is 2. The van der Waals surface area contributed by atoms with Crippen molar-refractivity contribution in [1.82, 2.24) is 0 Å². The molecule has 2 unspecified atom stereocenters. The first kappa shape index (κ1) is 64.8. The highest BCUT2D eigenvalue weighted by Gasteiger charge is 2.26. The highest BCUT2D eigenvalue weighted by atomic mass is 31.2. The third-order valence-corrected chi connectivity index (χ3v) is 13.9. The molecular formula is C56H110NO8P. The summed E-state index contributed by atoms with van der Waals surface area (Å²) in [5.41, 5.74) is 5.37. The minimum absolute atomic E-state index is 0.0551. The fourth-order valence-electron chi connectivity index (χ4n) is 8.63. The molecule has 392 valence electrons. The van der Waals surface area contributed by atoms with E-state index in [4.69, 9.17) is 24.3 Å². The van der Waals surface area contributed by atoms with E-state index < -0.39 is 26.5 Å². The predicted molar refractivity (Wildman–Crippen MR) is 280 cm³/mol. The van der Waals surface area contributed by atoms with Gasteiger partial charge >= 0.3 is 19.8 Å². The van der Waals surface area contributed by atoms with Gasteiger partial charge in [-0.05, 0) is 38.5 Å². The second-order valence-corrected chi connectivity index (χ2v) is 21.0. The second kappa shape index (κ2) is 53.1. The quantitative estimate of drug-likeness (QED) is 0.0264. The number of allylic oxidation sites excluding steroid dienone is 2. The van der Waals surface area contributed by atoms with Crippen LogP contribution in [-0.2, 0) is 32.7 Å². The molecule has 3 N–H and O–H groups in total. The molecule has 0 saturated carbocycles. The minimum Gasteiger partial charge on any atom is -0.462 e. The van der Waals surface area contributed by atoms with Gasteiger partial charge in [-0.1, -0.05) is 264 Å². The number of carbonyl (C=O) groups is 2. The monoisotopic (exact) mass is 956 g/mol. The molecule has 0 bridgehead atoms. The normalized spacial score (nSPS) is 13.1. The van der Waals surface area contributed by atoms with Gasteiger partial charge in [-0.3, -0.25) is 18.6 Å². The lowest BCUT2D eigenvalue weighted by atomic mass is 10.0. The smallest absolute Gasteiger partial charge is 0.462 e. The van der Waals surface area contributed by atoms with Gasteiger partial charge in [0, 0.05) is 19.4 Å². The number of phosphoric ester groups is 1. The summed E-state index contributed by atoms with van der Waals surface area (Å²) >= 11 is 0. The second-order valence-electron chi connectivity index (χ2n) is 19.5. The zero-order chi connectivity index (χ0) is 48.1. The van der Waals surface area contributed by atoms with Crippen LogP contribution in [0, 0.1) is 0 Å². The van der Waals surface area contributed by atoms with E-state index in [9.17, 15) is 19.0 Å². The van der Waals surface area contributed by atoms with Crippen LogP contribution in [0.3, 0.4) is 0 Å². The van der Waals surface area contributed by atoms with Crippen molar-refractivity contribution in [2.24, 2.45) is 5.73 Å². The van der Waals surface area contributed by atoms with Crippen molar-refractivity contribution < 1.29 is 37.6 Å². The number of hydrogen-bond donors (Lipinski definition) is 2. The topological polar surface area (TPSA) is 134 Å². The van der Waals surface area contributed by atoms with Crippen LogP contribution in [-0.4, -0.2) is 49.3 Å². The Balaban J connectivity index is 3.78.